The lowest BCUT2D eigenvalue weighted by Crippen LogP contribution is -2.40. The molecule has 7 nitrogen and oxygen atoms in total. The fourth-order valence-corrected chi connectivity index (χ4v) is 2.82. The monoisotopic (exact) mass is 280 g/mol. The lowest BCUT2D eigenvalue weighted by molar-refractivity contribution is -0.125. The summed E-state index contributed by atoms with van der Waals surface area (Å²) in [6.07, 6.45) is 1.45. The molecule has 1 aliphatic heterocycles. The van der Waals surface area contributed by atoms with Crippen molar-refractivity contribution in [1.29, 1.82) is 0 Å². The van der Waals surface area contributed by atoms with Crippen LogP contribution in [-0.2, 0) is 11.8 Å². The largest absolute Gasteiger partial charge is 0.477 e. The van der Waals surface area contributed by atoms with Gasteiger partial charge < -0.3 is 15.3 Å². The van der Waals surface area contributed by atoms with E-state index in [2.05, 4.69) is 10.4 Å². The van der Waals surface area contributed by atoms with Crippen LogP contribution in [0.15, 0.2) is 0 Å². The summed E-state index contributed by atoms with van der Waals surface area (Å²) in [4.78, 5) is 25.0. The number of carboxylic acid groups (broad SMARTS) is 1. The van der Waals surface area contributed by atoms with Gasteiger partial charge in [0.05, 0.1) is 5.69 Å². The molecule has 20 heavy (non-hydrogen) atoms. The maximum atomic E-state index is 11.6. The number of amides is 1. The first-order chi connectivity index (χ1) is 9.45. The van der Waals surface area contributed by atoms with Crippen LogP contribution >= 0.6 is 0 Å². The van der Waals surface area contributed by atoms with E-state index in [1.807, 2.05) is 4.90 Å². The molecule has 1 fully saturated rings. The van der Waals surface area contributed by atoms with Gasteiger partial charge in [0.1, 0.15) is 11.4 Å². The van der Waals surface area contributed by atoms with Crippen LogP contribution in [0.3, 0.4) is 0 Å². The van der Waals surface area contributed by atoms with Crippen molar-refractivity contribution < 1.29 is 14.7 Å². The van der Waals surface area contributed by atoms with Crippen molar-refractivity contribution >= 4 is 17.7 Å². The third-order valence-corrected chi connectivity index (χ3v) is 3.82. The molecule has 0 aliphatic carbocycles. The third-order valence-electron chi connectivity index (χ3n) is 3.82. The Labute approximate surface area is 117 Å². The highest BCUT2D eigenvalue weighted by Crippen LogP contribution is 2.28. The zero-order chi connectivity index (χ0) is 14.9. The number of nitrogens with zero attached hydrogens (tertiary/aromatic N) is 3. The number of aromatic nitrogens is 2. The van der Waals surface area contributed by atoms with Crippen molar-refractivity contribution in [3.63, 3.8) is 0 Å². The van der Waals surface area contributed by atoms with E-state index >= 15 is 0 Å². The van der Waals surface area contributed by atoms with Crippen LogP contribution in [0.2, 0.25) is 0 Å². The van der Waals surface area contributed by atoms with Crippen LogP contribution in [0.4, 0.5) is 5.82 Å². The van der Waals surface area contributed by atoms with Gasteiger partial charge in [-0.1, -0.05) is 0 Å². The van der Waals surface area contributed by atoms with Gasteiger partial charge in [-0.25, -0.2) is 4.79 Å². The average molecular weight is 280 g/mol. The number of carbonyl (C=O) groups excluding carboxylic acids is 1. The molecule has 0 saturated carbocycles. The van der Waals surface area contributed by atoms with Gasteiger partial charge in [0, 0.05) is 33.1 Å². The van der Waals surface area contributed by atoms with Gasteiger partial charge >= 0.3 is 5.97 Å². The van der Waals surface area contributed by atoms with E-state index in [4.69, 9.17) is 0 Å². The molecule has 0 radical (unpaired) electrons. The second-order valence-electron chi connectivity index (χ2n) is 5.09. The molecule has 2 heterocycles. The van der Waals surface area contributed by atoms with Crippen molar-refractivity contribution in [2.45, 2.75) is 19.8 Å². The fraction of sp³-hybridized carbons (Fsp3) is 0.615. The molecule has 1 amide bonds. The molecule has 0 unspecified atom stereocenters. The molecule has 0 spiro atoms. The molecule has 1 aromatic heterocycles. The van der Waals surface area contributed by atoms with Crippen LogP contribution in [0.25, 0.3) is 0 Å². The number of nitrogens with one attached hydrogen (secondary N) is 1. The van der Waals surface area contributed by atoms with Crippen molar-refractivity contribution in [2.75, 3.05) is 25.0 Å². The van der Waals surface area contributed by atoms with E-state index in [0.717, 1.165) is 12.8 Å². The standard InChI is InChI=1S/C13H20N4O3/c1-8-10(13(19)20)12(16(3)15-8)17-6-4-9(5-7-17)11(18)14-2/h9H,4-7H2,1-3H3,(H,14,18)(H,19,20). The minimum absolute atomic E-state index is 0.0128. The normalized spacial score (nSPS) is 16.2. The minimum Gasteiger partial charge on any atom is -0.477 e. The van der Waals surface area contributed by atoms with Gasteiger partial charge in [-0.2, -0.15) is 5.10 Å². The summed E-state index contributed by atoms with van der Waals surface area (Å²) < 4.78 is 1.61. The Balaban J connectivity index is 2.19. The summed E-state index contributed by atoms with van der Waals surface area (Å²) in [5.41, 5.74) is 0.773. The summed E-state index contributed by atoms with van der Waals surface area (Å²) in [7, 11) is 3.39. The highest BCUT2D eigenvalue weighted by Gasteiger charge is 2.29. The summed E-state index contributed by atoms with van der Waals surface area (Å²) in [6, 6.07) is 0. The highest BCUT2D eigenvalue weighted by atomic mass is 16.4. The Kier molecular flexibility index (Phi) is 3.96. The molecule has 7 heteroatoms. The molecule has 0 atom stereocenters. The van der Waals surface area contributed by atoms with E-state index in [1.165, 1.54) is 0 Å². The Morgan fingerprint density at radius 2 is 1.95 bits per heavy atom. The van der Waals surface area contributed by atoms with E-state index in [9.17, 15) is 14.7 Å². The van der Waals surface area contributed by atoms with Crippen molar-refractivity contribution in [2.24, 2.45) is 13.0 Å². The predicted molar refractivity (Wildman–Crippen MR) is 73.9 cm³/mol. The summed E-state index contributed by atoms with van der Waals surface area (Å²) in [5.74, 6) is -0.257. The Bertz CT molecular complexity index is 530. The smallest absolute Gasteiger partial charge is 0.341 e. The van der Waals surface area contributed by atoms with Gasteiger partial charge in [-0.3, -0.25) is 9.48 Å². The number of rotatable bonds is 3. The SMILES string of the molecule is CNC(=O)C1CCN(c2c(C(=O)O)c(C)nn2C)CC1. The number of carbonyl (C=O) groups is 2. The van der Waals surface area contributed by atoms with Crippen LogP contribution in [0.5, 0.6) is 0 Å². The highest BCUT2D eigenvalue weighted by molar-refractivity contribution is 5.95. The lowest BCUT2D eigenvalue weighted by atomic mass is 9.96. The summed E-state index contributed by atoms with van der Waals surface area (Å²) in [5, 5.41) is 16.2. The topological polar surface area (TPSA) is 87.5 Å². The first kappa shape index (κ1) is 14.4. The molecule has 110 valence electrons. The predicted octanol–water partition coefficient (Wildman–Crippen LogP) is 0.389. The molecular weight excluding hydrogens is 260 g/mol. The molecule has 2 N–H and O–H groups in total. The Morgan fingerprint density at radius 1 is 1.35 bits per heavy atom. The molecule has 2 rings (SSSR count). The van der Waals surface area contributed by atoms with Gasteiger partial charge in [-0.15, -0.1) is 0 Å². The Hall–Kier alpha value is -2.05. The van der Waals surface area contributed by atoms with Crippen molar-refractivity contribution in [3.05, 3.63) is 11.3 Å². The maximum absolute atomic E-state index is 11.6. The average Bonchev–Trinajstić information content (AvgIpc) is 2.72. The van der Waals surface area contributed by atoms with Crippen molar-refractivity contribution in [1.82, 2.24) is 15.1 Å². The van der Waals surface area contributed by atoms with Crippen LogP contribution in [-0.4, -0.2) is 46.9 Å². The fourth-order valence-electron chi connectivity index (χ4n) is 2.82. The van der Waals surface area contributed by atoms with E-state index in [-0.39, 0.29) is 17.4 Å². The van der Waals surface area contributed by atoms with E-state index in [1.54, 1.807) is 25.7 Å². The summed E-state index contributed by atoms with van der Waals surface area (Å²) in [6.45, 7) is 3.03. The number of aromatic carboxylic acids is 1. The van der Waals surface area contributed by atoms with Gasteiger partial charge in [0.25, 0.3) is 0 Å². The number of anilines is 1. The minimum atomic E-state index is -0.959. The molecule has 1 aromatic rings. The number of carboxylic acids is 1. The third kappa shape index (κ3) is 2.48. The number of hydrogen-bond acceptors (Lipinski definition) is 4. The first-order valence-electron chi connectivity index (χ1n) is 6.69. The van der Waals surface area contributed by atoms with Crippen molar-refractivity contribution in [3.8, 4) is 0 Å². The van der Waals surface area contributed by atoms with E-state index in [0.29, 0.717) is 24.6 Å². The zero-order valence-electron chi connectivity index (χ0n) is 12.0. The zero-order valence-corrected chi connectivity index (χ0v) is 12.0. The van der Waals surface area contributed by atoms with Gasteiger partial charge in [0.15, 0.2) is 0 Å². The summed E-state index contributed by atoms with van der Waals surface area (Å²) >= 11 is 0. The molecule has 0 bridgehead atoms. The van der Waals surface area contributed by atoms with E-state index < -0.39 is 5.97 Å². The van der Waals surface area contributed by atoms with Crippen LogP contribution < -0.4 is 10.2 Å². The van der Waals surface area contributed by atoms with Crippen LogP contribution in [0, 0.1) is 12.8 Å². The Morgan fingerprint density at radius 3 is 2.45 bits per heavy atom. The molecule has 1 saturated heterocycles. The number of hydrogen-bond donors (Lipinski definition) is 2. The maximum Gasteiger partial charge on any atom is 0.341 e. The molecular formula is C13H20N4O3. The van der Waals surface area contributed by atoms with Crippen LogP contribution in [0.1, 0.15) is 28.9 Å². The second kappa shape index (κ2) is 5.52. The quantitative estimate of drug-likeness (QED) is 0.836. The second-order valence-corrected chi connectivity index (χ2v) is 5.09. The number of piperidine rings is 1. The molecule has 1 aliphatic rings. The molecule has 0 aromatic carbocycles. The van der Waals surface area contributed by atoms with Gasteiger partial charge in [0.2, 0.25) is 5.91 Å². The lowest BCUT2D eigenvalue weighted by Gasteiger charge is -2.32. The number of aryl methyl sites for hydroxylation is 2. The van der Waals surface area contributed by atoms with Gasteiger partial charge in [-0.05, 0) is 19.8 Å². The first-order valence-corrected chi connectivity index (χ1v) is 6.69.